The van der Waals surface area contributed by atoms with Gasteiger partial charge >= 0.3 is 0 Å². The van der Waals surface area contributed by atoms with Gasteiger partial charge in [0.2, 0.25) is 11.8 Å². The van der Waals surface area contributed by atoms with Crippen molar-refractivity contribution in [1.29, 1.82) is 0 Å². The number of nitrogens with zero attached hydrogens (tertiary/aromatic N) is 2. The van der Waals surface area contributed by atoms with E-state index in [9.17, 15) is 0 Å². The number of methoxy groups -OCH3 is 2. The summed E-state index contributed by atoms with van der Waals surface area (Å²) >= 11 is 6.89. The van der Waals surface area contributed by atoms with E-state index in [-0.39, 0.29) is 0 Å². The third-order valence-corrected chi connectivity index (χ3v) is 4.46. The Balaban J connectivity index is 1.94. The topological polar surface area (TPSA) is 57.4 Å². The second-order valence-corrected chi connectivity index (χ2v) is 6.32. The minimum Gasteiger partial charge on any atom is -0.496 e. The quantitative estimate of drug-likeness (QED) is 0.575. The largest absolute Gasteiger partial charge is 0.496 e. The van der Waals surface area contributed by atoms with E-state index < -0.39 is 0 Å². The minimum atomic E-state index is 0.440. The van der Waals surface area contributed by atoms with Crippen LogP contribution in [0.2, 0.25) is 0 Å². The van der Waals surface area contributed by atoms with Crippen molar-refractivity contribution in [3.63, 3.8) is 0 Å². The molecule has 0 radical (unpaired) electrons. The number of benzene rings is 2. The predicted molar refractivity (Wildman–Crippen MR) is 93.7 cm³/mol. The van der Waals surface area contributed by atoms with Crippen LogP contribution in [-0.4, -0.2) is 24.4 Å². The van der Waals surface area contributed by atoms with E-state index in [1.807, 2.05) is 36.4 Å². The van der Waals surface area contributed by atoms with Crippen LogP contribution in [0.25, 0.3) is 22.9 Å². The van der Waals surface area contributed by atoms with E-state index in [2.05, 4.69) is 42.1 Å². The van der Waals surface area contributed by atoms with Crippen LogP contribution in [0.4, 0.5) is 0 Å². The van der Waals surface area contributed by atoms with Crippen molar-refractivity contribution in [2.75, 3.05) is 14.2 Å². The van der Waals surface area contributed by atoms with Gasteiger partial charge in [-0.2, -0.15) is 0 Å². The summed E-state index contributed by atoms with van der Waals surface area (Å²) in [6.07, 6.45) is 0. The molecule has 7 heteroatoms. The number of hydrogen-bond acceptors (Lipinski definition) is 5. The monoisotopic (exact) mass is 438 g/mol. The third kappa shape index (κ3) is 3.25. The lowest BCUT2D eigenvalue weighted by Crippen LogP contribution is -1.85. The highest BCUT2D eigenvalue weighted by Crippen LogP contribution is 2.33. The zero-order chi connectivity index (χ0) is 16.4. The van der Waals surface area contributed by atoms with E-state index >= 15 is 0 Å². The highest BCUT2D eigenvalue weighted by molar-refractivity contribution is 9.10. The van der Waals surface area contributed by atoms with Gasteiger partial charge in [0.15, 0.2) is 0 Å². The summed E-state index contributed by atoms with van der Waals surface area (Å²) < 4.78 is 17.8. The number of ether oxygens (including phenoxy) is 2. The Hall–Kier alpha value is -1.86. The third-order valence-electron chi connectivity index (χ3n) is 3.22. The van der Waals surface area contributed by atoms with Crippen molar-refractivity contribution in [2.45, 2.75) is 0 Å². The van der Waals surface area contributed by atoms with Crippen molar-refractivity contribution >= 4 is 31.9 Å². The Labute approximate surface area is 149 Å². The van der Waals surface area contributed by atoms with E-state index in [0.717, 1.165) is 31.6 Å². The molecule has 0 bridgehead atoms. The van der Waals surface area contributed by atoms with Crippen molar-refractivity contribution in [1.82, 2.24) is 10.2 Å². The summed E-state index contributed by atoms with van der Waals surface area (Å²) in [4.78, 5) is 0. The molecule has 0 fully saturated rings. The molecule has 0 spiro atoms. The maximum Gasteiger partial charge on any atom is 0.248 e. The summed E-state index contributed by atoms with van der Waals surface area (Å²) in [6.45, 7) is 0. The molecule has 0 unspecified atom stereocenters. The molecule has 0 saturated carbocycles. The summed E-state index contributed by atoms with van der Waals surface area (Å²) in [7, 11) is 3.23. The molecule has 1 aromatic heterocycles. The molecule has 0 aliphatic rings. The second-order valence-electron chi connectivity index (χ2n) is 4.61. The van der Waals surface area contributed by atoms with Gasteiger partial charge in [-0.05, 0) is 68.3 Å². The molecule has 2 aromatic carbocycles. The fraction of sp³-hybridized carbons (Fsp3) is 0.125. The maximum absolute atomic E-state index is 5.77. The van der Waals surface area contributed by atoms with Crippen LogP contribution in [0.15, 0.2) is 49.8 Å². The van der Waals surface area contributed by atoms with Gasteiger partial charge in [0.05, 0.1) is 23.2 Å². The van der Waals surface area contributed by atoms with Gasteiger partial charge in [-0.3, -0.25) is 0 Å². The van der Waals surface area contributed by atoms with E-state index in [4.69, 9.17) is 13.9 Å². The fourth-order valence-electron chi connectivity index (χ4n) is 2.06. The van der Waals surface area contributed by atoms with Crippen molar-refractivity contribution < 1.29 is 13.9 Å². The average molecular weight is 440 g/mol. The molecule has 0 atom stereocenters. The molecule has 1 heterocycles. The average Bonchev–Trinajstić information content (AvgIpc) is 3.04. The molecule has 0 N–H and O–H groups in total. The molecule has 23 heavy (non-hydrogen) atoms. The van der Waals surface area contributed by atoms with Gasteiger partial charge < -0.3 is 13.9 Å². The zero-order valence-electron chi connectivity index (χ0n) is 12.3. The lowest BCUT2D eigenvalue weighted by molar-refractivity contribution is 0.412. The summed E-state index contributed by atoms with van der Waals surface area (Å²) in [5, 5.41) is 8.21. The van der Waals surface area contributed by atoms with Crippen LogP contribution in [0, 0.1) is 0 Å². The first-order valence-electron chi connectivity index (χ1n) is 6.63. The van der Waals surface area contributed by atoms with E-state index in [0.29, 0.717) is 11.8 Å². The lowest BCUT2D eigenvalue weighted by atomic mass is 10.2. The SMILES string of the molecule is COc1ccc(-c2nnc(-c3ccc(OC)c(Br)c3)o2)cc1Br. The Morgan fingerprint density at radius 3 is 1.57 bits per heavy atom. The van der Waals surface area contributed by atoms with Crippen molar-refractivity contribution in [3.05, 3.63) is 45.3 Å². The Kier molecular flexibility index (Phi) is 4.68. The second kappa shape index (κ2) is 6.72. The summed E-state index contributed by atoms with van der Waals surface area (Å²) in [5.41, 5.74) is 1.62. The van der Waals surface area contributed by atoms with Gasteiger partial charge in [0.25, 0.3) is 0 Å². The standard InChI is InChI=1S/C16H12Br2N2O3/c1-21-13-5-3-9(7-11(13)17)15-19-20-16(23-15)10-4-6-14(22-2)12(18)8-10/h3-8H,1-2H3. The van der Waals surface area contributed by atoms with Crippen LogP contribution >= 0.6 is 31.9 Å². The number of hydrogen-bond donors (Lipinski definition) is 0. The Bertz CT molecular complexity index is 781. The highest BCUT2D eigenvalue weighted by atomic mass is 79.9. The first-order valence-corrected chi connectivity index (χ1v) is 8.22. The van der Waals surface area contributed by atoms with Crippen LogP contribution < -0.4 is 9.47 Å². The number of aromatic nitrogens is 2. The maximum atomic E-state index is 5.77. The fourth-order valence-corrected chi connectivity index (χ4v) is 3.14. The number of rotatable bonds is 4. The lowest BCUT2D eigenvalue weighted by Gasteiger charge is -2.04. The van der Waals surface area contributed by atoms with Gasteiger partial charge in [-0.15, -0.1) is 10.2 Å². The number of halogens is 2. The Morgan fingerprint density at radius 1 is 0.783 bits per heavy atom. The molecule has 3 rings (SSSR count). The molecule has 5 nitrogen and oxygen atoms in total. The normalized spacial score (nSPS) is 10.6. The van der Waals surface area contributed by atoms with Gasteiger partial charge in [-0.1, -0.05) is 0 Å². The van der Waals surface area contributed by atoms with E-state index in [1.165, 1.54) is 0 Å². The van der Waals surface area contributed by atoms with E-state index in [1.54, 1.807) is 14.2 Å². The highest BCUT2D eigenvalue weighted by Gasteiger charge is 2.13. The molecular weight excluding hydrogens is 428 g/mol. The van der Waals surface area contributed by atoms with Crippen LogP contribution in [0.5, 0.6) is 11.5 Å². The van der Waals surface area contributed by atoms with Gasteiger partial charge in [-0.25, -0.2) is 0 Å². The first-order chi connectivity index (χ1) is 11.1. The molecule has 118 valence electrons. The molecular formula is C16H12Br2N2O3. The zero-order valence-corrected chi connectivity index (χ0v) is 15.5. The summed E-state index contributed by atoms with van der Waals surface area (Å²) in [6, 6.07) is 11.2. The predicted octanol–water partition coefficient (Wildman–Crippen LogP) is 4.95. The smallest absolute Gasteiger partial charge is 0.248 e. The minimum absolute atomic E-state index is 0.440. The summed E-state index contributed by atoms with van der Waals surface area (Å²) in [5.74, 6) is 2.37. The molecule has 0 aliphatic carbocycles. The van der Waals surface area contributed by atoms with Crippen LogP contribution in [-0.2, 0) is 0 Å². The molecule has 0 amide bonds. The van der Waals surface area contributed by atoms with Gasteiger partial charge in [0, 0.05) is 11.1 Å². The molecule has 0 saturated heterocycles. The Morgan fingerprint density at radius 2 is 1.22 bits per heavy atom. The van der Waals surface area contributed by atoms with Crippen molar-refractivity contribution in [2.24, 2.45) is 0 Å². The van der Waals surface area contributed by atoms with Crippen molar-refractivity contribution in [3.8, 4) is 34.4 Å². The van der Waals surface area contributed by atoms with Crippen LogP contribution in [0.1, 0.15) is 0 Å². The van der Waals surface area contributed by atoms with Crippen LogP contribution in [0.3, 0.4) is 0 Å². The molecule has 0 aliphatic heterocycles. The van der Waals surface area contributed by atoms with Gasteiger partial charge in [0.1, 0.15) is 11.5 Å². The first kappa shape index (κ1) is 16.0. The molecule has 3 aromatic rings.